The number of benzene rings is 2. The molecule has 5 nitrogen and oxygen atoms in total. The van der Waals surface area contributed by atoms with Gasteiger partial charge >= 0.3 is 0 Å². The van der Waals surface area contributed by atoms with Gasteiger partial charge in [0.25, 0.3) is 0 Å². The Hall–Kier alpha value is -2.67. The molecular formula is C21H28F2N4O. The summed E-state index contributed by atoms with van der Waals surface area (Å²) in [5, 5.41) is 6.42. The second-order valence-electron chi connectivity index (χ2n) is 6.57. The zero-order chi connectivity index (χ0) is 20.5. The molecule has 0 aromatic heterocycles. The summed E-state index contributed by atoms with van der Waals surface area (Å²) < 4.78 is 32.5. The topological polar surface area (TPSA) is 48.9 Å². The van der Waals surface area contributed by atoms with Gasteiger partial charge in [-0.2, -0.15) is 0 Å². The van der Waals surface area contributed by atoms with Gasteiger partial charge in [0.05, 0.1) is 19.7 Å². The molecule has 152 valence electrons. The zero-order valence-electron chi connectivity index (χ0n) is 16.8. The molecule has 0 heterocycles. The van der Waals surface area contributed by atoms with Crippen LogP contribution < -0.4 is 15.4 Å². The van der Waals surface area contributed by atoms with Crippen molar-refractivity contribution in [2.24, 2.45) is 4.99 Å². The van der Waals surface area contributed by atoms with Gasteiger partial charge in [0.15, 0.2) is 5.96 Å². The summed E-state index contributed by atoms with van der Waals surface area (Å²) in [7, 11) is 5.64. The maximum absolute atomic E-state index is 13.8. The molecule has 0 aliphatic rings. The number of hydrogen-bond acceptors (Lipinski definition) is 3. The lowest BCUT2D eigenvalue weighted by molar-refractivity contribution is 0.297. The molecular weight excluding hydrogens is 362 g/mol. The predicted octanol–water partition coefficient (Wildman–Crippen LogP) is 3.33. The van der Waals surface area contributed by atoms with Gasteiger partial charge in [0.2, 0.25) is 0 Å². The first-order valence-electron chi connectivity index (χ1n) is 9.21. The van der Waals surface area contributed by atoms with E-state index in [0.717, 1.165) is 23.4 Å². The summed E-state index contributed by atoms with van der Waals surface area (Å²) >= 11 is 0. The minimum absolute atomic E-state index is 0.0463. The van der Waals surface area contributed by atoms with Crippen molar-refractivity contribution in [1.82, 2.24) is 15.5 Å². The highest BCUT2D eigenvalue weighted by Crippen LogP contribution is 2.22. The molecule has 0 bridgehead atoms. The number of rotatable bonds is 8. The van der Waals surface area contributed by atoms with Crippen molar-refractivity contribution in [3.05, 3.63) is 65.2 Å². The zero-order valence-corrected chi connectivity index (χ0v) is 16.8. The van der Waals surface area contributed by atoms with Crippen molar-refractivity contribution in [1.29, 1.82) is 0 Å². The van der Waals surface area contributed by atoms with Crippen LogP contribution >= 0.6 is 0 Å². The van der Waals surface area contributed by atoms with Crippen molar-refractivity contribution in [2.45, 2.75) is 19.5 Å². The van der Waals surface area contributed by atoms with Crippen LogP contribution in [0.25, 0.3) is 0 Å². The standard InChI is InChI=1S/C21H28F2N4O/c1-5-24-21(25-13-16-11-17(22)9-10-19(16)23)26-14-20(27(2)3)15-7-6-8-18(12-15)28-4/h6-12,20H,5,13-14H2,1-4H3,(H2,24,25,26). The molecule has 0 radical (unpaired) electrons. The van der Waals surface area contributed by atoms with Crippen molar-refractivity contribution >= 4 is 5.96 Å². The molecule has 2 rings (SSSR count). The average molecular weight is 390 g/mol. The number of methoxy groups -OCH3 is 1. The van der Waals surface area contributed by atoms with Crippen LogP contribution in [0.1, 0.15) is 24.1 Å². The molecule has 2 aromatic rings. The van der Waals surface area contributed by atoms with E-state index in [2.05, 4.69) is 20.5 Å². The molecule has 2 aromatic carbocycles. The lowest BCUT2D eigenvalue weighted by Gasteiger charge is -2.26. The highest BCUT2D eigenvalue weighted by atomic mass is 19.1. The first-order chi connectivity index (χ1) is 13.4. The molecule has 0 amide bonds. The Labute approximate surface area is 165 Å². The third kappa shape index (κ3) is 6.20. The van der Waals surface area contributed by atoms with E-state index >= 15 is 0 Å². The fraction of sp³-hybridized carbons (Fsp3) is 0.381. The second kappa shape index (κ2) is 10.6. The molecule has 28 heavy (non-hydrogen) atoms. The molecule has 0 aliphatic heterocycles. The Kier molecular flexibility index (Phi) is 8.19. The number of nitrogens with zero attached hydrogens (tertiary/aromatic N) is 2. The van der Waals surface area contributed by atoms with Crippen LogP contribution in [-0.4, -0.2) is 45.2 Å². The molecule has 0 saturated heterocycles. The van der Waals surface area contributed by atoms with E-state index in [0.29, 0.717) is 19.0 Å². The number of hydrogen-bond donors (Lipinski definition) is 2. The first-order valence-corrected chi connectivity index (χ1v) is 9.21. The van der Waals surface area contributed by atoms with Crippen LogP contribution in [0.5, 0.6) is 5.75 Å². The molecule has 1 atom stereocenters. The normalized spacial score (nSPS) is 12.8. The molecule has 0 aliphatic carbocycles. The fourth-order valence-electron chi connectivity index (χ4n) is 2.81. The van der Waals surface area contributed by atoms with Crippen LogP contribution in [0.15, 0.2) is 47.5 Å². The summed E-state index contributed by atoms with van der Waals surface area (Å²) in [6, 6.07) is 11.4. The summed E-state index contributed by atoms with van der Waals surface area (Å²) in [4.78, 5) is 6.48. The van der Waals surface area contributed by atoms with Gasteiger partial charge in [-0.1, -0.05) is 12.1 Å². The summed E-state index contributed by atoms with van der Waals surface area (Å²) in [5.41, 5.74) is 1.32. The third-order valence-electron chi connectivity index (χ3n) is 4.32. The van der Waals surface area contributed by atoms with Gasteiger partial charge in [-0.25, -0.2) is 13.8 Å². The van der Waals surface area contributed by atoms with E-state index in [-0.39, 0.29) is 18.2 Å². The van der Waals surface area contributed by atoms with E-state index in [1.54, 1.807) is 7.11 Å². The van der Waals surface area contributed by atoms with Crippen LogP contribution in [0.4, 0.5) is 8.78 Å². The predicted molar refractivity (Wildman–Crippen MR) is 109 cm³/mol. The lowest BCUT2D eigenvalue weighted by Crippen LogP contribution is -2.41. The van der Waals surface area contributed by atoms with Crippen molar-refractivity contribution in [3.63, 3.8) is 0 Å². The molecule has 2 N–H and O–H groups in total. The number of nitrogens with one attached hydrogen (secondary N) is 2. The molecule has 0 saturated carbocycles. The summed E-state index contributed by atoms with van der Waals surface area (Å²) in [5.74, 6) is 0.395. The van der Waals surface area contributed by atoms with E-state index in [4.69, 9.17) is 4.74 Å². The van der Waals surface area contributed by atoms with Crippen LogP contribution in [0.2, 0.25) is 0 Å². The molecule has 0 spiro atoms. The average Bonchev–Trinajstić information content (AvgIpc) is 2.68. The second-order valence-corrected chi connectivity index (χ2v) is 6.57. The van der Waals surface area contributed by atoms with Gasteiger partial charge < -0.3 is 20.3 Å². The molecule has 1 unspecified atom stereocenters. The summed E-state index contributed by atoms with van der Waals surface area (Å²) in [6.07, 6.45) is 0. The minimum atomic E-state index is -0.477. The quantitative estimate of drug-likeness (QED) is 0.536. The molecule has 0 fully saturated rings. The van der Waals surface area contributed by atoms with E-state index in [9.17, 15) is 8.78 Å². The van der Waals surface area contributed by atoms with Gasteiger partial charge in [-0.3, -0.25) is 0 Å². The third-order valence-corrected chi connectivity index (χ3v) is 4.32. The number of guanidine groups is 1. The van der Waals surface area contributed by atoms with E-state index < -0.39 is 11.6 Å². The molecule has 7 heteroatoms. The van der Waals surface area contributed by atoms with E-state index in [1.807, 2.05) is 45.3 Å². The Morgan fingerprint density at radius 1 is 1.14 bits per heavy atom. The first kappa shape index (κ1) is 21.6. The highest BCUT2D eigenvalue weighted by molar-refractivity contribution is 5.79. The highest BCUT2D eigenvalue weighted by Gasteiger charge is 2.15. The maximum Gasteiger partial charge on any atom is 0.191 e. The van der Waals surface area contributed by atoms with Crippen molar-refractivity contribution < 1.29 is 13.5 Å². The largest absolute Gasteiger partial charge is 0.497 e. The van der Waals surface area contributed by atoms with Gasteiger partial charge in [0, 0.05) is 18.7 Å². The number of halogens is 2. The van der Waals surface area contributed by atoms with Crippen LogP contribution in [0.3, 0.4) is 0 Å². The van der Waals surface area contributed by atoms with Crippen molar-refractivity contribution in [2.75, 3.05) is 34.3 Å². The number of likely N-dealkylation sites (N-methyl/N-ethyl adjacent to an activating group) is 1. The number of ether oxygens (including phenoxy) is 1. The fourth-order valence-corrected chi connectivity index (χ4v) is 2.81. The Balaban J connectivity index is 2.11. The Morgan fingerprint density at radius 3 is 2.61 bits per heavy atom. The van der Waals surface area contributed by atoms with E-state index in [1.165, 1.54) is 6.07 Å². The maximum atomic E-state index is 13.8. The van der Waals surface area contributed by atoms with Crippen LogP contribution in [0, 0.1) is 11.6 Å². The smallest absolute Gasteiger partial charge is 0.191 e. The van der Waals surface area contributed by atoms with Crippen LogP contribution in [-0.2, 0) is 6.54 Å². The Morgan fingerprint density at radius 2 is 1.93 bits per heavy atom. The van der Waals surface area contributed by atoms with Gasteiger partial charge in [0.1, 0.15) is 17.4 Å². The van der Waals surface area contributed by atoms with Crippen molar-refractivity contribution in [3.8, 4) is 5.75 Å². The Bertz CT molecular complexity index is 796. The monoisotopic (exact) mass is 390 g/mol. The minimum Gasteiger partial charge on any atom is -0.497 e. The number of aliphatic imine (C=N–C) groups is 1. The summed E-state index contributed by atoms with van der Waals surface area (Å²) in [6.45, 7) is 3.23. The van der Waals surface area contributed by atoms with Gasteiger partial charge in [-0.15, -0.1) is 0 Å². The lowest BCUT2D eigenvalue weighted by atomic mass is 10.1. The van der Waals surface area contributed by atoms with Gasteiger partial charge in [-0.05, 0) is 56.9 Å². The SMILES string of the molecule is CCNC(=NCc1cc(F)ccc1F)NCC(c1cccc(OC)c1)N(C)C.